The molecule has 0 aliphatic carbocycles. The van der Waals surface area contributed by atoms with Crippen molar-refractivity contribution in [1.82, 2.24) is 4.90 Å². The van der Waals surface area contributed by atoms with Crippen molar-refractivity contribution in [2.24, 2.45) is 0 Å². The highest BCUT2D eigenvalue weighted by Gasteiger charge is 2.35. The van der Waals surface area contributed by atoms with Gasteiger partial charge in [-0.05, 0) is 49.1 Å². The number of amides is 2. The molecular formula is C22H26N2O2. The topological polar surface area (TPSA) is 40.6 Å². The zero-order chi connectivity index (χ0) is 18.8. The summed E-state index contributed by atoms with van der Waals surface area (Å²) in [6.45, 7) is 9.09. The molecule has 1 aliphatic rings. The maximum Gasteiger partial charge on any atom is 0.254 e. The van der Waals surface area contributed by atoms with E-state index in [1.807, 2.05) is 50.2 Å². The fourth-order valence-corrected chi connectivity index (χ4v) is 3.41. The van der Waals surface area contributed by atoms with Crippen molar-refractivity contribution in [2.75, 3.05) is 18.0 Å². The number of nitrogens with zero attached hydrogens (tertiary/aromatic N) is 2. The van der Waals surface area contributed by atoms with Crippen LogP contribution in [0.2, 0.25) is 0 Å². The number of carbonyl (C=O) groups is 2. The monoisotopic (exact) mass is 350 g/mol. The first-order chi connectivity index (χ1) is 12.4. The van der Waals surface area contributed by atoms with E-state index >= 15 is 0 Å². The number of carbonyl (C=O) groups excluding carboxylic acids is 2. The van der Waals surface area contributed by atoms with Crippen molar-refractivity contribution in [2.45, 2.75) is 39.7 Å². The van der Waals surface area contributed by atoms with Gasteiger partial charge < -0.3 is 9.80 Å². The minimum Gasteiger partial charge on any atom is -0.325 e. The molecule has 0 N–H and O–H groups in total. The molecule has 1 atom stereocenters. The summed E-state index contributed by atoms with van der Waals surface area (Å²) in [5, 5.41) is 0. The van der Waals surface area contributed by atoms with Gasteiger partial charge in [-0.3, -0.25) is 9.59 Å². The Bertz CT molecular complexity index is 811. The summed E-state index contributed by atoms with van der Waals surface area (Å²) in [5.74, 6) is 0.358. The molecule has 0 saturated carbocycles. The van der Waals surface area contributed by atoms with E-state index in [4.69, 9.17) is 0 Å². The lowest BCUT2D eigenvalue weighted by molar-refractivity contribution is -0.124. The third-order valence-corrected chi connectivity index (χ3v) is 5.16. The molecule has 26 heavy (non-hydrogen) atoms. The number of anilines is 1. The molecule has 3 rings (SSSR count). The van der Waals surface area contributed by atoms with Gasteiger partial charge in [0.1, 0.15) is 6.04 Å². The smallest absolute Gasteiger partial charge is 0.254 e. The van der Waals surface area contributed by atoms with Crippen molar-refractivity contribution in [3.8, 4) is 0 Å². The average molecular weight is 350 g/mol. The third-order valence-electron chi connectivity index (χ3n) is 5.16. The molecule has 2 aromatic rings. The maximum atomic E-state index is 12.9. The maximum absolute atomic E-state index is 12.9. The van der Waals surface area contributed by atoms with Crippen LogP contribution in [0.25, 0.3) is 0 Å². The van der Waals surface area contributed by atoms with E-state index in [0.29, 0.717) is 24.6 Å². The zero-order valence-electron chi connectivity index (χ0n) is 15.9. The van der Waals surface area contributed by atoms with Crippen molar-refractivity contribution < 1.29 is 9.59 Å². The summed E-state index contributed by atoms with van der Waals surface area (Å²) in [7, 11) is 0. The molecule has 1 heterocycles. The zero-order valence-corrected chi connectivity index (χ0v) is 15.9. The standard InChI is InChI=1S/C22H26N2O2/c1-15(2)18-9-11-19(12-10-18)24-14-13-23(17(4)21(24)25)22(26)20-8-6-5-7-16(20)3/h5-12,15,17H,13-14H2,1-4H3/t17-/m0/s1. The second kappa shape index (κ2) is 7.32. The van der Waals surface area contributed by atoms with Gasteiger partial charge in [0, 0.05) is 24.3 Å². The second-order valence-corrected chi connectivity index (χ2v) is 7.23. The molecule has 4 nitrogen and oxygen atoms in total. The predicted octanol–water partition coefficient (Wildman–Crippen LogP) is 4.00. The number of benzene rings is 2. The minimum atomic E-state index is -0.472. The van der Waals surface area contributed by atoms with Crippen LogP contribution in [-0.4, -0.2) is 35.8 Å². The van der Waals surface area contributed by atoms with Crippen LogP contribution >= 0.6 is 0 Å². The summed E-state index contributed by atoms with van der Waals surface area (Å²) in [6, 6.07) is 15.2. The van der Waals surface area contributed by atoms with Gasteiger partial charge in [-0.1, -0.05) is 44.2 Å². The number of rotatable bonds is 3. The summed E-state index contributed by atoms with van der Waals surface area (Å²) >= 11 is 0. The van der Waals surface area contributed by atoms with Crippen LogP contribution in [-0.2, 0) is 4.79 Å². The molecule has 0 unspecified atom stereocenters. The fourth-order valence-electron chi connectivity index (χ4n) is 3.41. The number of hydrogen-bond donors (Lipinski definition) is 0. The normalized spacial score (nSPS) is 17.7. The van der Waals surface area contributed by atoms with Crippen LogP contribution in [0.15, 0.2) is 48.5 Å². The number of piperazine rings is 1. The van der Waals surface area contributed by atoms with E-state index in [1.54, 1.807) is 9.80 Å². The second-order valence-electron chi connectivity index (χ2n) is 7.23. The van der Waals surface area contributed by atoms with Gasteiger partial charge in [0.05, 0.1) is 0 Å². The largest absolute Gasteiger partial charge is 0.325 e. The van der Waals surface area contributed by atoms with E-state index < -0.39 is 6.04 Å². The number of aryl methyl sites for hydroxylation is 1. The van der Waals surface area contributed by atoms with Gasteiger partial charge in [0.25, 0.3) is 5.91 Å². The van der Waals surface area contributed by atoms with Crippen LogP contribution in [0.4, 0.5) is 5.69 Å². The Balaban J connectivity index is 1.78. The Hall–Kier alpha value is -2.62. The Labute approximate surface area is 155 Å². The summed E-state index contributed by atoms with van der Waals surface area (Å²) < 4.78 is 0. The lowest BCUT2D eigenvalue weighted by Gasteiger charge is -2.39. The van der Waals surface area contributed by atoms with Crippen molar-refractivity contribution in [3.05, 3.63) is 65.2 Å². The summed E-state index contributed by atoms with van der Waals surface area (Å²) in [4.78, 5) is 29.3. The molecular weight excluding hydrogens is 324 g/mol. The molecule has 2 amide bonds. The van der Waals surface area contributed by atoms with Gasteiger partial charge in [0.15, 0.2) is 0 Å². The predicted molar refractivity (Wildman–Crippen MR) is 105 cm³/mol. The van der Waals surface area contributed by atoms with E-state index in [0.717, 1.165) is 11.3 Å². The van der Waals surface area contributed by atoms with Crippen LogP contribution in [0, 0.1) is 6.92 Å². The third kappa shape index (κ3) is 3.36. The van der Waals surface area contributed by atoms with Gasteiger partial charge in [-0.15, -0.1) is 0 Å². The first kappa shape index (κ1) is 18.2. The van der Waals surface area contributed by atoms with E-state index in [1.165, 1.54) is 5.56 Å². The highest BCUT2D eigenvalue weighted by molar-refractivity contribution is 6.03. The molecule has 1 saturated heterocycles. The molecule has 0 radical (unpaired) electrons. The molecule has 1 fully saturated rings. The Morgan fingerprint density at radius 3 is 2.31 bits per heavy atom. The first-order valence-corrected chi connectivity index (χ1v) is 9.18. The highest BCUT2D eigenvalue weighted by atomic mass is 16.2. The summed E-state index contributed by atoms with van der Waals surface area (Å²) in [5.41, 5.74) is 3.75. The average Bonchev–Trinajstić information content (AvgIpc) is 2.64. The summed E-state index contributed by atoms with van der Waals surface area (Å²) in [6.07, 6.45) is 0. The van der Waals surface area contributed by atoms with E-state index in [2.05, 4.69) is 26.0 Å². The van der Waals surface area contributed by atoms with Gasteiger partial charge in [0.2, 0.25) is 5.91 Å². The van der Waals surface area contributed by atoms with Crippen LogP contribution in [0.5, 0.6) is 0 Å². The van der Waals surface area contributed by atoms with Crippen LogP contribution in [0.1, 0.15) is 48.2 Å². The van der Waals surface area contributed by atoms with Gasteiger partial charge in [-0.2, -0.15) is 0 Å². The number of hydrogen-bond acceptors (Lipinski definition) is 2. The Kier molecular flexibility index (Phi) is 5.12. The van der Waals surface area contributed by atoms with Crippen molar-refractivity contribution in [3.63, 3.8) is 0 Å². The fraction of sp³-hybridized carbons (Fsp3) is 0.364. The van der Waals surface area contributed by atoms with Crippen molar-refractivity contribution in [1.29, 1.82) is 0 Å². The van der Waals surface area contributed by atoms with Crippen LogP contribution < -0.4 is 4.90 Å². The highest BCUT2D eigenvalue weighted by Crippen LogP contribution is 2.24. The molecule has 2 aromatic carbocycles. The molecule has 0 bridgehead atoms. The lowest BCUT2D eigenvalue weighted by atomic mass is 10.0. The quantitative estimate of drug-likeness (QED) is 0.840. The lowest BCUT2D eigenvalue weighted by Crippen LogP contribution is -2.57. The van der Waals surface area contributed by atoms with E-state index in [9.17, 15) is 9.59 Å². The molecule has 1 aliphatic heterocycles. The molecule has 136 valence electrons. The van der Waals surface area contributed by atoms with Gasteiger partial charge >= 0.3 is 0 Å². The molecule has 4 heteroatoms. The van der Waals surface area contributed by atoms with Crippen molar-refractivity contribution >= 4 is 17.5 Å². The van der Waals surface area contributed by atoms with E-state index in [-0.39, 0.29) is 11.8 Å². The Morgan fingerprint density at radius 1 is 1.04 bits per heavy atom. The van der Waals surface area contributed by atoms with Crippen LogP contribution in [0.3, 0.4) is 0 Å². The SMILES string of the molecule is Cc1ccccc1C(=O)N1CCN(c2ccc(C(C)C)cc2)C(=O)[C@@H]1C. The molecule has 0 aromatic heterocycles. The minimum absolute atomic E-state index is 0.0320. The Morgan fingerprint density at radius 2 is 1.69 bits per heavy atom. The van der Waals surface area contributed by atoms with Gasteiger partial charge in [-0.25, -0.2) is 0 Å². The first-order valence-electron chi connectivity index (χ1n) is 9.18. The molecule has 0 spiro atoms.